The summed E-state index contributed by atoms with van der Waals surface area (Å²) in [5, 5.41) is 8.82. The predicted molar refractivity (Wildman–Crippen MR) is 98.0 cm³/mol. The minimum Gasteiger partial charge on any atom is -0.449 e. The summed E-state index contributed by atoms with van der Waals surface area (Å²) in [4.78, 5) is 26.4. The van der Waals surface area contributed by atoms with Crippen LogP contribution in [0.3, 0.4) is 0 Å². The summed E-state index contributed by atoms with van der Waals surface area (Å²) in [6.07, 6.45) is -0.927. The van der Waals surface area contributed by atoms with E-state index in [4.69, 9.17) is 10.00 Å². The molecule has 0 spiro atoms. The number of carbonyl (C=O) groups is 2. The van der Waals surface area contributed by atoms with Crippen molar-refractivity contribution in [3.05, 3.63) is 64.4 Å². The maximum absolute atomic E-state index is 13.1. The van der Waals surface area contributed by atoms with Crippen molar-refractivity contribution in [3.8, 4) is 6.07 Å². The summed E-state index contributed by atoms with van der Waals surface area (Å²) < 4.78 is 18.6. The number of amides is 1. The zero-order valence-electron chi connectivity index (χ0n) is 14.0. The number of anilines is 1. The highest BCUT2D eigenvalue weighted by Gasteiger charge is 2.26. The molecule has 0 bridgehead atoms. The van der Waals surface area contributed by atoms with Gasteiger partial charge in [-0.2, -0.15) is 5.26 Å². The van der Waals surface area contributed by atoms with Crippen LogP contribution in [0.25, 0.3) is 0 Å². The van der Waals surface area contributed by atoms with Crippen LogP contribution in [0.2, 0.25) is 0 Å². The van der Waals surface area contributed by atoms with E-state index in [0.717, 1.165) is 12.1 Å². The van der Waals surface area contributed by atoms with Crippen molar-refractivity contribution in [2.45, 2.75) is 19.4 Å². The number of hydrogen-bond donors (Lipinski definition) is 0. The Morgan fingerprint density at radius 2 is 1.96 bits per heavy atom. The third-order valence-electron chi connectivity index (χ3n) is 3.56. The Balaban J connectivity index is 2.15. The summed E-state index contributed by atoms with van der Waals surface area (Å²) in [6.45, 7) is 1.64. The summed E-state index contributed by atoms with van der Waals surface area (Å²) >= 11 is 3.10. The molecule has 0 aliphatic carbocycles. The maximum atomic E-state index is 13.1. The van der Waals surface area contributed by atoms with Gasteiger partial charge in [0.1, 0.15) is 5.82 Å². The number of carbonyl (C=O) groups excluding carboxylic acids is 2. The molecule has 0 aliphatic rings. The number of benzene rings is 2. The van der Waals surface area contributed by atoms with Crippen LogP contribution in [0, 0.1) is 17.1 Å². The van der Waals surface area contributed by atoms with Gasteiger partial charge in [0.15, 0.2) is 6.10 Å². The topological polar surface area (TPSA) is 70.4 Å². The zero-order valence-corrected chi connectivity index (χ0v) is 15.6. The average molecular weight is 419 g/mol. The molecule has 5 nitrogen and oxygen atoms in total. The molecule has 134 valence electrons. The molecule has 0 saturated carbocycles. The molecule has 7 heteroatoms. The van der Waals surface area contributed by atoms with Crippen LogP contribution in [0.4, 0.5) is 10.1 Å². The van der Waals surface area contributed by atoms with E-state index in [0.29, 0.717) is 5.69 Å². The van der Waals surface area contributed by atoms with E-state index in [1.807, 2.05) is 12.1 Å². The first-order valence-corrected chi connectivity index (χ1v) is 8.62. The third kappa shape index (κ3) is 4.90. The highest BCUT2D eigenvalue weighted by molar-refractivity contribution is 9.10. The lowest BCUT2D eigenvalue weighted by Crippen LogP contribution is -2.40. The summed E-state index contributed by atoms with van der Waals surface area (Å²) in [5.41, 5.74) is 0.730. The SMILES string of the molecule is CC(OC(=O)c1ccc(F)cc1Br)C(=O)N(CCC#N)c1ccccc1. The zero-order chi connectivity index (χ0) is 19.1. The van der Waals surface area contributed by atoms with Crippen LogP contribution >= 0.6 is 15.9 Å². The van der Waals surface area contributed by atoms with E-state index in [2.05, 4.69) is 15.9 Å². The summed E-state index contributed by atoms with van der Waals surface area (Å²) in [6, 6.07) is 14.4. The fraction of sp³-hybridized carbons (Fsp3) is 0.211. The number of rotatable bonds is 6. The van der Waals surface area contributed by atoms with E-state index in [1.54, 1.807) is 24.3 Å². The number of halogens is 2. The fourth-order valence-corrected chi connectivity index (χ4v) is 2.80. The van der Waals surface area contributed by atoms with E-state index in [9.17, 15) is 14.0 Å². The van der Waals surface area contributed by atoms with Gasteiger partial charge >= 0.3 is 5.97 Å². The van der Waals surface area contributed by atoms with Gasteiger partial charge in [0.05, 0.1) is 18.1 Å². The molecule has 0 fully saturated rings. The predicted octanol–water partition coefficient (Wildman–Crippen LogP) is 4.08. The van der Waals surface area contributed by atoms with Crippen molar-refractivity contribution in [3.63, 3.8) is 0 Å². The van der Waals surface area contributed by atoms with Crippen LogP contribution in [0.15, 0.2) is 53.0 Å². The first-order chi connectivity index (χ1) is 12.4. The summed E-state index contributed by atoms with van der Waals surface area (Å²) in [5.74, 6) is -1.69. The van der Waals surface area contributed by atoms with E-state index < -0.39 is 23.8 Å². The smallest absolute Gasteiger partial charge is 0.340 e. The van der Waals surface area contributed by atoms with Crippen molar-refractivity contribution in [1.29, 1.82) is 5.26 Å². The van der Waals surface area contributed by atoms with Crippen molar-refractivity contribution < 1.29 is 18.7 Å². The summed E-state index contributed by atoms with van der Waals surface area (Å²) in [7, 11) is 0. The van der Waals surface area contributed by atoms with E-state index in [1.165, 1.54) is 17.9 Å². The van der Waals surface area contributed by atoms with Crippen LogP contribution in [0.5, 0.6) is 0 Å². The maximum Gasteiger partial charge on any atom is 0.340 e. The van der Waals surface area contributed by atoms with Gasteiger partial charge in [-0.3, -0.25) is 4.79 Å². The van der Waals surface area contributed by atoms with Gasteiger partial charge < -0.3 is 9.64 Å². The van der Waals surface area contributed by atoms with Gasteiger partial charge in [-0.05, 0) is 53.2 Å². The van der Waals surface area contributed by atoms with Crippen LogP contribution < -0.4 is 4.90 Å². The molecule has 1 amide bonds. The molecule has 0 aromatic heterocycles. The van der Waals surface area contributed by atoms with E-state index >= 15 is 0 Å². The molecular formula is C19H16BrFN2O3. The molecule has 0 aliphatic heterocycles. The number of para-hydroxylation sites is 1. The first kappa shape index (κ1) is 19.6. The van der Waals surface area contributed by atoms with Crippen molar-refractivity contribution in [2.24, 2.45) is 0 Å². The number of esters is 1. The number of nitriles is 1. The average Bonchev–Trinajstić information content (AvgIpc) is 2.62. The van der Waals surface area contributed by atoms with Gasteiger partial charge in [-0.1, -0.05) is 18.2 Å². The largest absolute Gasteiger partial charge is 0.449 e. The van der Waals surface area contributed by atoms with Crippen LogP contribution in [-0.2, 0) is 9.53 Å². The molecule has 0 N–H and O–H groups in total. The Hall–Kier alpha value is -2.72. The quantitative estimate of drug-likeness (QED) is 0.662. The van der Waals surface area contributed by atoms with Gasteiger partial charge in [0, 0.05) is 16.7 Å². The molecular weight excluding hydrogens is 403 g/mol. The lowest BCUT2D eigenvalue weighted by Gasteiger charge is -2.25. The molecule has 1 atom stereocenters. The fourth-order valence-electron chi connectivity index (χ4n) is 2.29. The molecule has 0 heterocycles. The first-order valence-electron chi connectivity index (χ1n) is 7.83. The lowest BCUT2D eigenvalue weighted by atomic mass is 10.2. The number of ether oxygens (including phenoxy) is 1. The second-order valence-electron chi connectivity index (χ2n) is 5.41. The Kier molecular flexibility index (Phi) is 6.87. The van der Waals surface area contributed by atoms with Gasteiger partial charge in [-0.25, -0.2) is 9.18 Å². The Morgan fingerprint density at radius 3 is 2.58 bits per heavy atom. The Morgan fingerprint density at radius 1 is 1.27 bits per heavy atom. The monoisotopic (exact) mass is 418 g/mol. The molecule has 2 rings (SSSR count). The normalized spacial score (nSPS) is 11.3. The van der Waals surface area contributed by atoms with Crippen molar-refractivity contribution in [2.75, 3.05) is 11.4 Å². The van der Waals surface area contributed by atoms with Crippen molar-refractivity contribution >= 4 is 33.5 Å². The minimum absolute atomic E-state index is 0.120. The molecule has 2 aromatic carbocycles. The van der Waals surface area contributed by atoms with Crippen molar-refractivity contribution in [1.82, 2.24) is 0 Å². The van der Waals surface area contributed by atoms with Gasteiger partial charge in [-0.15, -0.1) is 0 Å². The van der Waals surface area contributed by atoms with Gasteiger partial charge in [0.2, 0.25) is 0 Å². The molecule has 2 aromatic rings. The number of hydrogen-bond acceptors (Lipinski definition) is 4. The second-order valence-corrected chi connectivity index (χ2v) is 6.26. The Labute approximate surface area is 159 Å². The molecule has 1 unspecified atom stereocenters. The highest BCUT2D eigenvalue weighted by atomic mass is 79.9. The molecule has 26 heavy (non-hydrogen) atoms. The lowest BCUT2D eigenvalue weighted by molar-refractivity contribution is -0.126. The highest BCUT2D eigenvalue weighted by Crippen LogP contribution is 2.21. The number of nitrogens with zero attached hydrogens (tertiary/aromatic N) is 2. The van der Waals surface area contributed by atoms with Gasteiger partial charge in [0.25, 0.3) is 5.91 Å². The molecule has 0 saturated heterocycles. The minimum atomic E-state index is -1.07. The van der Waals surface area contributed by atoms with Crippen LogP contribution in [-0.4, -0.2) is 24.5 Å². The second kappa shape index (κ2) is 9.11. The van der Waals surface area contributed by atoms with E-state index in [-0.39, 0.29) is 23.0 Å². The third-order valence-corrected chi connectivity index (χ3v) is 4.22. The van der Waals surface area contributed by atoms with Crippen LogP contribution in [0.1, 0.15) is 23.7 Å². The Bertz CT molecular complexity index is 836. The molecule has 0 radical (unpaired) electrons. The standard InChI is InChI=1S/C19H16BrFN2O3/c1-13(26-19(25)16-9-8-14(21)12-17(16)20)18(24)23(11-5-10-22)15-6-3-2-4-7-15/h2-4,6-9,12-13H,5,11H2,1H3.